The summed E-state index contributed by atoms with van der Waals surface area (Å²) < 4.78 is 0. The van der Waals surface area contributed by atoms with Gasteiger partial charge in [0, 0.05) is 24.1 Å². The first-order valence-corrected chi connectivity index (χ1v) is 4.57. The summed E-state index contributed by atoms with van der Waals surface area (Å²) in [5, 5.41) is 10.8. The summed E-state index contributed by atoms with van der Waals surface area (Å²) >= 11 is 0. The molecule has 0 aliphatic heterocycles. The normalized spacial score (nSPS) is 12.1. The lowest BCUT2D eigenvalue weighted by Gasteiger charge is -2.12. The second-order valence-electron chi connectivity index (χ2n) is 3.40. The van der Waals surface area contributed by atoms with Crippen LogP contribution in [0.5, 0.6) is 0 Å². The molecule has 6 heteroatoms. The monoisotopic (exact) mass is 222 g/mol. The molecule has 1 rings (SSSR count). The average Bonchev–Trinajstić information content (AvgIpc) is 2.15. The number of hydrogen-bond donors (Lipinski definition) is 2. The van der Waals surface area contributed by atoms with Crippen LogP contribution in [0.15, 0.2) is 18.2 Å². The topological polar surface area (TPSA) is 112 Å². The number of rotatable bonds is 4. The fraction of sp³-hybridized carbons (Fsp3) is 0.200. The third-order valence-electron chi connectivity index (χ3n) is 2.17. The molecule has 1 amide bonds. The quantitative estimate of drug-likeness (QED) is 0.449. The highest BCUT2D eigenvalue weighted by Crippen LogP contribution is 2.32. The van der Waals surface area contributed by atoms with E-state index in [4.69, 9.17) is 11.5 Å². The predicted octanol–water partition coefficient (Wildman–Crippen LogP) is 0.970. The number of amides is 1. The number of primary amides is 1. The molecule has 1 aromatic rings. The minimum atomic E-state index is -0.612. The summed E-state index contributed by atoms with van der Waals surface area (Å²) in [6.45, 7) is 3.67. The van der Waals surface area contributed by atoms with E-state index in [0.29, 0.717) is 0 Å². The molecule has 0 aliphatic rings. The fourth-order valence-corrected chi connectivity index (χ4v) is 1.52. The van der Waals surface area contributed by atoms with E-state index in [1.807, 2.05) is 0 Å². The van der Waals surface area contributed by atoms with E-state index in [-0.39, 0.29) is 23.4 Å². The average molecular weight is 222 g/mol. The molecule has 0 saturated carbocycles. The molecule has 0 spiro atoms. The van der Waals surface area contributed by atoms with Crippen LogP contribution in [0.3, 0.4) is 0 Å². The van der Waals surface area contributed by atoms with Gasteiger partial charge in [0.25, 0.3) is 5.69 Å². The van der Waals surface area contributed by atoms with Crippen molar-refractivity contribution >= 4 is 17.3 Å². The Kier molecular flexibility index (Phi) is 3.44. The molecule has 1 unspecified atom stereocenters. The maximum atomic E-state index is 10.8. The van der Waals surface area contributed by atoms with Crippen LogP contribution < -0.4 is 11.5 Å². The van der Waals surface area contributed by atoms with Crippen molar-refractivity contribution in [3.63, 3.8) is 0 Å². The Balaban J connectivity index is 3.19. The highest BCUT2D eigenvalue weighted by atomic mass is 16.6. The summed E-state index contributed by atoms with van der Waals surface area (Å²) in [6.07, 6.45) is -0.0744. The Hall–Kier alpha value is -2.11. The van der Waals surface area contributed by atoms with Gasteiger partial charge in [0.1, 0.15) is 0 Å². The van der Waals surface area contributed by atoms with Crippen molar-refractivity contribution in [3.05, 3.63) is 40.8 Å². The highest BCUT2D eigenvalue weighted by molar-refractivity contribution is 5.76. The Morgan fingerprint density at radius 2 is 2.19 bits per heavy atom. The Bertz CT molecular complexity index is 431. The predicted molar refractivity (Wildman–Crippen MR) is 59.4 cm³/mol. The lowest BCUT2D eigenvalue weighted by Crippen LogP contribution is -2.15. The van der Waals surface area contributed by atoms with Crippen LogP contribution in [0, 0.1) is 17.0 Å². The van der Waals surface area contributed by atoms with Gasteiger partial charge in [0.2, 0.25) is 5.91 Å². The van der Waals surface area contributed by atoms with E-state index < -0.39 is 16.7 Å². The second-order valence-corrected chi connectivity index (χ2v) is 3.40. The number of nitro benzene ring substituents is 1. The molecule has 0 aliphatic carbocycles. The van der Waals surface area contributed by atoms with Crippen molar-refractivity contribution in [2.45, 2.75) is 12.3 Å². The van der Waals surface area contributed by atoms with E-state index in [1.54, 1.807) is 0 Å². The standard InChI is InChI=1S/C10H12N3O3/c1-6(5-9(12)14)10-7(11)3-2-4-8(10)13(15)16/h2-4,6H,1,5,11H2,(H2,12,14). The Morgan fingerprint density at radius 1 is 1.56 bits per heavy atom. The first kappa shape index (κ1) is 12.0. The lowest BCUT2D eigenvalue weighted by atomic mass is 9.94. The maximum absolute atomic E-state index is 10.8. The zero-order valence-corrected chi connectivity index (χ0v) is 8.55. The first-order chi connectivity index (χ1) is 7.43. The number of carbonyl (C=O) groups is 1. The van der Waals surface area contributed by atoms with Crippen molar-refractivity contribution in [2.24, 2.45) is 5.73 Å². The molecule has 0 heterocycles. The van der Waals surface area contributed by atoms with E-state index >= 15 is 0 Å². The molecule has 0 fully saturated rings. The number of nitrogens with zero attached hydrogens (tertiary/aromatic N) is 1. The molecule has 16 heavy (non-hydrogen) atoms. The van der Waals surface area contributed by atoms with Gasteiger partial charge in [0.05, 0.1) is 10.5 Å². The largest absolute Gasteiger partial charge is 0.398 e. The number of nitrogen functional groups attached to an aromatic ring is 1. The van der Waals surface area contributed by atoms with Gasteiger partial charge in [0.15, 0.2) is 0 Å². The number of hydrogen-bond acceptors (Lipinski definition) is 4. The van der Waals surface area contributed by atoms with E-state index in [9.17, 15) is 14.9 Å². The van der Waals surface area contributed by atoms with Crippen molar-refractivity contribution < 1.29 is 9.72 Å². The number of nitro groups is 1. The zero-order chi connectivity index (χ0) is 12.3. The van der Waals surface area contributed by atoms with Crippen molar-refractivity contribution in [3.8, 4) is 0 Å². The van der Waals surface area contributed by atoms with Gasteiger partial charge in [-0.3, -0.25) is 14.9 Å². The minimum absolute atomic E-state index is 0.0744. The van der Waals surface area contributed by atoms with Gasteiger partial charge in [-0.2, -0.15) is 0 Å². The Labute approximate surface area is 92.4 Å². The van der Waals surface area contributed by atoms with Crippen LogP contribution in [0.2, 0.25) is 0 Å². The molecule has 85 valence electrons. The lowest BCUT2D eigenvalue weighted by molar-refractivity contribution is -0.385. The molecule has 0 aromatic heterocycles. The molecule has 1 atom stereocenters. The first-order valence-electron chi connectivity index (χ1n) is 4.57. The maximum Gasteiger partial charge on any atom is 0.274 e. The number of carbonyl (C=O) groups excluding carboxylic acids is 1. The summed E-state index contributed by atoms with van der Waals surface area (Å²) in [7, 11) is 0. The molecular formula is C10H12N3O3. The number of anilines is 1. The summed E-state index contributed by atoms with van der Waals surface area (Å²) in [4.78, 5) is 21.0. The van der Waals surface area contributed by atoms with Crippen LogP contribution in [0.25, 0.3) is 0 Å². The highest BCUT2D eigenvalue weighted by Gasteiger charge is 2.22. The molecule has 6 nitrogen and oxygen atoms in total. The SMILES string of the molecule is [CH2]C(CC(N)=O)c1c(N)cccc1[N+](=O)[O-]. The minimum Gasteiger partial charge on any atom is -0.398 e. The molecule has 1 radical (unpaired) electrons. The third-order valence-corrected chi connectivity index (χ3v) is 2.17. The molecule has 1 aromatic carbocycles. The second kappa shape index (κ2) is 4.61. The van der Waals surface area contributed by atoms with Gasteiger partial charge >= 0.3 is 0 Å². The van der Waals surface area contributed by atoms with Crippen LogP contribution in [-0.4, -0.2) is 10.8 Å². The summed E-state index contributed by atoms with van der Waals surface area (Å²) in [5.41, 5.74) is 11.0. The number of benzene rings is 1. The van der Waals surface area contributed by atoms with Crippen molar-refractivity contribution in [1.29, 1.82) is 0 Å². The van der Waals surface area contributed by atoms with Crippen molar-refractivity contribution in [1.82, 2.24) is 0 Å². The van der Waals surface area contributed by atoms with Gasteiger partial charge < -0.3 is 11.5 Å². The zero-order valence-electron chi connectivity index (χ0n) is 8.55. The van der Waals surface area contributed by atoms with E-state index in [0.717, 1.165) is 0 Å². The Morgan fingerprint density at radius 3 is 2.69 bits per heavy atom. The smallest absolute Gasteiger partial charge is 0.274 e. The molecule has 4 N–H and O–H groups in total. The third kappa shape index (κ3) is 2.47. The molecule has 0 saturated heterocycles. The van der Waals surface area contributed by atoms with Gasteiger partial charge in [-0.1, -0.05) is 6.07 Å². The number of nitrogens with two attached hydrogens (primary N) is 2. The fourth-order valence-electron chi connectivity index (χ4n) is 1.52. The van der Waals surface area contributed by atoms with E-state index in [1.165, 1.54) is 18.2 Å². The van der Waals surface area contributed by atoms with Crippen LogP contribution in [-0.2, 0) is 4.79 Å². The van der Waals surface area contributed by atoms with Crippen LogP contribution in [0.1, 0.15) is 17.9 Å². The van der Waals surface area contributed by atoms with Gasteiger partial charge in [-0.15, -0.1) is 0 Å². The van der Waals surface area contributed by atoms with E-state index in [2.05, 4.69) is 6.92 Å². The summed E-state index contributed by atoms with van der Waals surface area (Å²) in [5.74, 6) is -1.18. The molecule has 0 bridgehead atoms. The van der Waals surface area contributed by atoms with Gasteiger partial charge in [-0.25, -0.2) is 0 Å². The van der Waals surface area contributed by atoms with Crippen molar-refractivity contribution in [2.75, 3.05) is 5.73 Å². The molecular weight excluding hydrogens is 210 g/mol. The van der Waals surface area contributed by atoms with Gasteiger partial charge in [-0.05, 0) is 13.0 Å². The van der Waals surface area contributed by atoms with Crippen LogP contribution in [0.4, 0.5) is 11.4 Å². The van der Waals surface area contributed by atoms with Crippen LogP contribution >= 0.6 is 0 Å². The summed E-state index contributed by atoms with van der Waals surface area (Å²) in [6, 6.07) is 4.33.